The molecule has 1 aromatic carbocycles. The van der Waals surface area contributed by atoms with Crippen molar-refractivity contribution in [3.8, 4) is 17.0 Å². The highest BCUT2D eigenvalue weighted by atomic mass is 32.1. The largest absolute Gasteiger partial charge is 0.496 e. The van der Waals surface area contributed by atoms with E-state index in [0.29, 0.717) is 17.1 Å². The van der Waals surface area contributed by atoms with Crippen LogP contribution in [0.15, 0.2) is 24.3 Å². The van der Waals surface area contributed by atoms with Gasteiger partial charge in [0.05, 0.1) is 18.5 Å². The van der Waals surface area contributed by atoms with E-state index in [2.05, 4.69) is 17.7 Å². The van der Waals surface area contributed by atoms with Gasteiger partial charge in [0.2, 0.25) is 0 Å². The first kappa shape index (κ1) is 12.0. The second kappa shape index (κ2) is 4.79. The van der Waals surface area contributed by atoms with Gasteiger partial charge in [0.25, 0.3) is 0 Å². The minimum Gasteiger partial charge on any atom is -0.496 e. The first-order valence-corrected chi connectivity index (χ1v) is 5.76. The van der Waals surface area contributed by atoms with Crippen molar-refractivity contribution in [3.63, 3.8) is 0 Å². The molecule has 0 aliphatic heterocycles. The van der Waals surface area contributed by atoms with Crippen molar-refractivity contribution in [2.45, 2.75) is 5.75 Å². The molecule has 0 spiro atoms. The molecule has 17 heavy (non-hydrogen) atoms. The fourth-order valence-electron chi connectivity index (χ4n) is 1.74. The molecule has 1 aromatic heterocycles. The number of hydrogen-bond donors (Lipinski definition) is 1. The Bertz CT molecular complexity index is 539. The molecule has 0 N–H and O–H groups in total. The highest BCUT2D eigenvalue weighted by molar-refractivity contribution is 7.79. The molecule has 0 radical (unpaired) electrons. The first-order chi connectivity index (χ1) is 8.15. The monoisotopic (exact) mass is 252 g/mol. The van der Waals surface area contributed by atoms with Gasteiger partial charge < -0.3 is 4.74 Å². The molecular weight excluding hydrogens is 239 g/mol. The fourth-order valence-corrected chi connectivity index (χ4v) is 1.89. The Kier molecular flexibility index (Phi) is 3.38. The second-order valence-electron chi connectivity index (χ2n) is 3.65. The highest BCUT2D eigenvalue weighted by Crippen LogP contribution is 2.30. The summed E-state index contributed by atoms with van der Waals surface area (Å²) < 4.78 is 20.2. The van der Waals surface area contributed by atoms with Gasteiger partial charge in [-0.25, -0.2) is 4.39 Å². The van der Waals surface area contributed by atoms with Gasteiger partial charge in [-0.15, -0.1) is 0 Å². The van der Waals surface area contributed by atoms with Crippen molar-refractivity contribution >= 4 is 12.6 Å². The summed E-state index contributed by atoms with van der Waals surface area (Å²) in [5, 5.41) is 4.27. The van der Waals surface area contributed by atoms with Crippen LogP contribution in [0.1, 0.15) is 5.69 Å². The minimum absolute atomic E-state index is 0.297. The van der Waals surface area contributed by atoms with Crippen LogP contribution < -0.4 is 4.74 Å². The van der Waals surface area contributed by atoms with E-state index < -0.39 is 0 Å². The van der Waals surface area contributed by atoms with Crippen LogP contribution in [0.25, 0.3) is 11.3 Å². The van der Waals surface area contributed by atoms with Gasteiger partial charge in [-0.2, -0.15) is 17.7 Å². The number of thiol groups is 1. The SMILES string of the molecule is COc1ccc(F)cc1-c1cc(CS)nn1C. The number of benzene rings is 1. The maximum absolute atomic E-state index is 13.3. The summed E-state index contributed by atoms with van der Waals surface area (Å²) in [6, 6.07) is 6.30. The molecule has 3 nitrogen and oxygen atoms in total. The minimum atomic E-state index is -0.297. The molecule has 0 saturated heterocycles. The van der Waals surface area contributed by atoms with E-state index in [1.165, 1.54) is 12.1 Å². The van der Waals surface area contributed by atoms with Crippen LogP contribution >= 0.6 is 12.6 Å². The molecule has 0 atom stereocenters. The molecule has 0 fully saturated rings. The topological polar surface area (TPSA) is 27.1 Å². The number of ether oxygens (including phenoxy) is 1. The van der Waals surface area contributed by atoms with Crippen molar-refractivity contribution in [1.82, 2.24) is 9.78 Å². The zero-order valence-corrected chi connectivity index (χ0v) is 10.5. The molecular formula is C12H13FN2OS. The van der Waals surface area contributed by atoms with Gasteiger partial charge in [-0.3, -0.25) is 4.68 Å². The van der Waals surface area contributed by atoms with Crippen LogP contribution in [0, 0.1) is 5.82 Å². The summed E-state index contributed by atoms with van der Waals surface area (Å²) in [6.45, 7) is 0. The number of rotatable bonds is 3. The first-order valence-electron chi connectivity index (χ1n) is 5.13. The smallest absolute Gasteiger partial charge is 0.128 e. The van der Waals surface area contributed by atoms with Crippen molar-refractivity contribution < 1.29 is 9.13 Å². The van der Waals surface area contributed by atoms with Crippen LogP contribution in [-0.2, 0) is 12.8 Å². The van der Waals surface area contributed by atoms with Gasteiger partial charge in [-0.05, 0) is 24.3 Å². The molecule has 2 aromatic rings. The molecule has 0 aliphatic carbocycles. The Morgan fingerprint density at radius 3 is 2.76 bits per heavy atom. The Hall–Kier alpha value is -1.49. The van der Waals surface area contributed by atoms with Crippen LogP contribution in [-0.4, -0.2) is 16.9 Å². The standard InChI is InChI=1S/C12H13FN2OS/c1-15-11(6-9(7-17)14-15)10-5-8(13)3-4-12(10)16-2/h3-6,17H,7H2,1-2H3. The molecule has 1 heterocycles. The van der Waals surface area contributed by atoms with Crippen LogP contribution in [0.4, 0.5) is 4.39 Å². The molecule has 5 heteroatoms. The average molecular weight is 252 g/mol. The summed E-state index contributed by atoms with van der Waals surface area (Å²) in [5.74, 6) is 0.875. The number of nitrogens with zero attached hydrogens (tertiary/aromatic N) is 2. The number of aryl methyl sites for hydroxylation is 1. The fraction of sp³-hybridized carbons (Fsp3) is 0.250. The maximum atomic E-state index is 13.3. The molecule has 0 amide bonds. The van der Waals surface area contributed by atoms with E-state index >= 15 is 0 Å². The number of methoxy groups -OCH3 is 1. The van der Waals surface area contributed by atoms with Gasteiger partial charge in [0.15, 0.2) is 0 Å². The molecule has 0 aliphatic rings. The van der Waals surface area contributed by atoms with E-state index in [4.69, 9.17) is 4.74 Å². The van der Waals surface area contributed by atoms with Crippen molar-refractivity contribution in [2.24, 2.45) is 7.05 Å². The highest BCUT2D eigenvalue weighted by Gasteiger charge is 2.12. The van der Waals surface area contributed by atoms with Gasteiger partial charge in [0.1, 0.15) is 11.6 Å². The second-order valence-corrected chi connectivity index (χ2v) is 3.96. The van der Waals surface area contributed by atoms with E-state index in [1.54, 1.807) is 17.9 Å². The normalized spacial score (nSPS) is 10.6. The number of halogens is 1. The van der Waals surface area contributed by atoms with Crippen LogP contribution in [0.2, 0.25) is 0 Å². The van der Waals surface area contributed by atoms with E-state index in [1.807, 2.05) is 13.1 Å². The predicted octanol–water partition coefficient (Wildman–Crippen LogP) is 2.66. The molecule has 0 saturated carbocycles. The molecule has 0 unspecified atom stereocenters. The zero-order chi connectivity index (χ0) is 12.4. The number of hydrogen-bond acceptors (Lipinski definition) is 3. The lowest BCUT2D eigenvalue weighted by Gasteiger charge is -2.08. The summed E-state index contributed by atoms with van der Waals surface area (Å²) in [7, 11) is 3.37. The quantitative estimate of drug-likeness (QED) is 0.850. The van der Waals surface area contributed by atoms with E-state index in [9.17, 15) is 4.39 Å². The third-order valence-corrected chi connectivity index (χ3v) is 2.85. The average Bonchev–Trinajstić information content (AvgIpc) is 2.70. The Balaban J connectivity index is 2.58. The van der Waals surface area contributed by atoms with E-state index in [-0.39, 0.29) is 5.82 Å². The molecule has 0 bridgehead atoms. The summed E-state index contributed by atoms with van der Waals surface area (Å²) >= 11 is 4.17. The molecule has 2 rings (SSSR count). The van der Waals surface area contributed by atoms with Gasteiger partial charge >= 0.3 is 0 Å². The Labute approximate surface area is 105 Å². The van der Waals surface area contributed by atoms with Gasteiger partial charge in [-0.1, -0.05) is 0 Å². The third-order valence-electron chi connectivity index (χ3n) is 2.53. The van der Waals surface area contributed by atoms with Crippen molar-refractivity contribution in [2.75, 3.05) is 7.11 Å². The lowest BCUT2D eigenvalue weighted by molar-refractivity contribution is 0.415. The lowest BCUT2D eigenvalue weighted by Crippen LogP contribution is -1.96. The van der Waals surface area contributed by atoms with Crippen LogP contribution in [0.3, 0.4) is 0 Å². The summed E-state index contributed by atoms with van der Waals surface area (Å²) in [5.41, 5.74) is 2.35. The Morgan fingerprint density at radius 1 is 1.41 bits per heavy atom. The van der Waals surface area contributed by atoms with Crippen molar-refractivity contribution in [1.29, 1.82) is 0 Å². The van der Waals surface area contributed by atoms with Gasteiger partial charge in [0, 0.05) is 18.4 Å². The summed E-state index contributed by atoms with van der Waals surface area (Å²) in [6.07, 6.45) is 0. The number of aromatic nitrogens is 2. The van der Waals surface area contributed by atoms with Crippen molar-refractivity contribution in [3.05, 3.63) is 35.8 Å². The Morgan fingerprint density at radius 2 is 2.18 bits per heavy atom. The molecule has 90 valence electrons. The van der Waals surface area contributed by atoms with E-state index in [0.717, 1.165) is 11.4 Å². The predicted molar refractivity (Wildman–Crippen MR) is 67.8 cm³/mol. The maximum Gasteiger partial charge on any atom is 0.128 e. The third kappa shape index (κ3) is 2.29. The summed E-state index contributed by atoms with van der Waals surface area (Å²) in [4.78, 5) is 0. The lowest BCUT2D eigenvalue weighted by atomic mass is 10.1. The van der Waals surface area contributed by atoms with Crippen LogP contribution in [0.5, 0.6) is 5.75 Å². The zero-order valence-electron chi connectivity index (χ0n) is 9.64.